The second-order valence-electron chi connectivity index (χ2n) is 3.91. The van der Waals surface area contributed by atoms with Crippen molar-refractivity contribution in [3.63, 3.8) is 0 Å². The maximum Gasteiger partial charge on any atom is 0.178 e. The van der Waals surface area contributed by atoms with E-state index in [0.717, 1.165) is 16.8 Å². The minimum absolute atomic E-state index is 0.648. The van der Waals surface area contributed by atoms with Gasteiger partial charge in [-0.05, 0) is 30.3 Å². The third-order valence-corrected chi connectivity index (χ3v) is 2.77. The Balaban J connectivity index is 2.19. The Bertz CT molecular complexity index is 672. The van der Waals surface area contributed by atoms with Crippen molar-refractivity contribution in [2.45, 2.75) is 0 Å². The fourth-order valence-corrected chi connectivity index (χ4v) is 1.84. The normalized spacial score (nSPS) is 10.7. The third-order valence-electron chi connectivity index (χ3n) is 2.77. The molecule has 0 aliphatic rings. The molecule has 18 heavy (non-hydrogen) atoms. The number of anilines is 1. The average Bonchev–Trinajstić information content (AvgIpc) is 2.82. The van der Waals surface area contributed by atoms with Crippen LogP contribution >= 0.6 is 0 Å². The summed E-state index contributed by atoms with van der Waals surface area (Å²) in [7, 11) is 1.62. The first-order chi connectivity index (χ1) is 8.78. The number of aromatic nitrogens is 3. The van der Waals surface area contributed by atoms with E-state index in [1.165, 1.54) is 0 Å². The summed E-state index contributed by atoms with van der Waals surface area (Å²) < 4.78 is 5.19. The number of rotatable bonds is 2. The van der Waals surface area contributed by atoms with E-state index in [9.17, 15) is 0 Å². The van der Waals surface area contributed by atoms with Gasteiger partial charge >= 0.3 is 0 Å². The highest BCUT2D eigenvalue weighted by Crippen LogP contribution is 2.28. The van der Waals surface area contributed by atoms with E-state index >= 15 is 0 Å². The third kappa shape index (κ3) is 1.66. The van der Waals surface area contributed by atoms with E-state index in [1.54, 1.807) is 19.4 Å². The van der Waals surface area contributed by atoms with Crippen LogP contribution in [0.1, 0.15) is 0 Å². The number of fused-ring (bicyclic) bond motifs is 1. The fourth-order valence-electron chi connectivity index (χ4n) is 1.84. The van der Waals surface area contributed by atoms with Gasteiger partial charge in [0, 0.05) is 17.4 Å². The minimum Gasteiger partial charge on any atom is -0.497 e. The lowest BCUT2D eigenvalue weighted by Crippen LogP contribution is -1.93. The zero-order valence-corrected chi connectivity index (χ0v) is 9.84. The Morgan fingerprint density at radius 1 is 1.28 bits per heavy atom. The molecule has 3 rings (SSSR count). The van der Waals surface area contributed by atoms with Crippen LogP contribution in [-0.2, 0) is 0 Å². The molecule has 0 aliphatic carbocycles. The van der Waals surface area contributed by atoms with Crippen LogP contribution in [0.2, 0.25) is 0 Å². The van der Waals surface area contributed by atoms with Crippen molar-refractivity contribution in [2.75, 3.05) is 12.8 Å². The average molecular weight is 240 g/mol. The quantitative estimate of drug-likeness (QED) is 0.673. The molecule has 90 valence electrons. The van der Waals surface area contributed by atoms with Crippen LogP contribution in [0.25, 0.3) is 22.6 Å². The summed E-state index contributed by atoms with van der Waals surface area (Å²) in [6.07, 6.45) is 1.71. The highest BCUT2D eigenvalue weighted by molar-refractivity contribution is 5.80. The van der Waals surface area contributed by atoms with Crippen LogP contribution in [0.5, 0.6) is 5.75 Å². The van der Waals surface area contributed by atoms with Gasteiger partial charge in [-0.15, -0.1) is 0 Å². The van der Waals surface area contributed by atoms with Crippen molar-refractivity contribution in [1.82, 2.24) is 15.0 Å². The molecule has 2 aromatic heterocycles. The van der Waals surface area contributed by atoms with E-state index in [-0.39, 0.29) is 0 Å². The summed E-state index contributed by atoms with van der Waals surface area (Å²) in [5.74, 6) is 1.44. The molecule has 5 heteroatoms. The Morgan fingerprint density at radius 2 is 2.17 bits per heavy atom. The molecular formula is C13H12N4O. The Hall–Kier alpha value is -2.56. The van der Waals surface area contributed by atoms with Gasteiger partial charge in [-0.3, -0.25) is 0 Å². The zero-order chi connectivity index (χ0) is 12.5. The van der Waals surface area contributed by atoms with Gasteiger partial charge in [0.25, 0.3) is 0 Å². The van der Waals surface area contributed by atoms with Gasteiger partial charge in [0.1, 0.15) is 11.6 Å². The number of methoxy groups -OCH3 is 1. The number of hydrogen-bond donors (Lipinski definition) is 2. The zero-order valence-electron chi connectivity index (χ0n) is 9.84. The smallest absolute Gasteiger partial charge is 0.178 e. The number of nitrogen functional groups attached to an aromatic ring is 1. The van der Waals surface area contributed by atoms with E-state index in [0.29, 0.717) is 17.2 Å². The van der Waals surface area contributed by atoms with Crippen LogP contribution in [0.15, 0.2) is 36.5 Å². The van der Waals surface area contributed by atoms with E-state index in [1.807, 2.05) is 24.3 Å². The van der Waals surface area contributed by atoms with Crippen molar-refractivity contribution < 1.29 is 4.74 Å². The number of aromatic amines is 1. The molecule has 0 unspecified atom stereocenters. The molecule has 0 atom stereocenters. The number of nitrogens with one attached hydrogen (secondary N) is 1. The van der Waals surface area contributed by atoms with Crippen molar-refractivity contribution >= 4 is 16.9 Å². The van der Waals surface area contributed by atoms with Gasteiger partial charge < -0.3 is 15.5 Å². The van der Waals surface area contributed by atoms with Gasteiger partial charge in [0.2, 0.25) is 0 Å². The summed E-state index contributed by atoms with van der Waals surface area (Å²) in [5, 5.41) is 0. The summed E-state index contributed by atoms with van der Waals surface area (Å²) >= 11 is 0. The molecule has 2 heterocycles. The van der Waals surface area contributed by atoms with Crippen LogP contribution in [0, 0.1) is 0 Å². The number of imidazole rings is 1. The first-order valence-electron chi connectivity index (χ1n) is 5.52. The molecule has 3 N–H and O–H groups in total. The van der Waals surface area contributed by atoms with Gasteiger partial charge in [0.05, 0.1) is 12.6 Å². The first-order valence-corrected chi connectivity index (χ1v) is 5.52. The molecule has 0 spiro atoms. The second-order valence-corrected chi connectivity index (χ2v) is 3.91. The molecule has 0 fully saturated rings. The molecule has 0 saturated heterocycles. The lowest BCUT2D eigenvalue weighted by molar-refractivity contribution is 0.415. The number of benzene rings is 1. The maximum atomic E-state index is 5.96. The molecule has 5 nitrogen and oxygen atoms in total. The molecule has 0 amide bonds. The number of pyridine rings is 1. The summed E-state index contributed by atoms with van der Waals surface area (Å²) in [6.45, 7) is 0. The summed E-state index contributed by atoms with van der Waals surface area (Å²) in [5.41, 5.74) is 8.98. The lowest BCUT2D eigenvalue weighted by Gasteiger charge is -2.05. The second kappa shape index (κ2) is 4.03. The number of nitrogens with two attached hydrogens (primary N) is 1. The van der Waals surface area contributed by atoms with Gasteiger partial charge in [-0.25, -0.2) is 9.97 Å². The highest BCUT2D eigenvalue weighted by atomic mass is 16.5. The molecule has 0 aliphatic heterocycles. The molecular weight excluding hydrogens is 228 g/mol. The van der Waals surface area contributed by atoms with Crippen LogP contribution in [0.3, 0.4) is 0 Å². The largest absolute Gasteiger partial charge is 0.497 e. The van der Waals surface area contributed by atoms with Gasteiger partial charge in [0.15, 0.2) is 5.65 Å². The van der Waals surface area contributed by atoms with Crippen LogP contribution < -0.4 is 10.5 Å². The fraction of sp³-hybridized carbons (Fsp3) is 0.0769. The molecule has 0 radical (unpaired) electrons. The SMILES string of the molecule is COc1ccc(N)c(-c2nc3ncccc3[nH]2)c1. The lowest BCUT2D eigenvalue weighted by atomic mass is 10.1. The first kappa shape index (κ1) is 10.6. The predicted molar refractivity (Wildman–Crippen MR) is 70.3 cm³/mol. The summed E-state index contributed by atoms with van der Waals surface area (Å²) in [6, 6.07) is 9.26. The minimum atomic E-state index is 0.648. The van der Waals surface area contributed by atoms with E-state index in [2.05, 4.69) is 15.0 Å². The van der Waals surface area contributed by atoms with E-state index in [4.69, 9.17) is 10.5 Å². The molecule has 3 aromatic rings. The molecule has 0 bridgehead atoms. The van der Waals surface area contributed by atoms with Gasteiger partial charge in [-0.2, -0.15) is 0 Å². The predicted octanol–water partition coefficient (Wildman–Crippen LogP) is 2.22. The number of H-pyrrole nitrogens is 1. The van der Waals surface area contributed by atoms with Crippen LogP contribution in [-0.4, -0.2) is 22.1 Å². The monoisotopic (exact) mass is 240 g/mol. The summed E-state index contributed by atoms with van der Waals surface area (Å²) in [4.78, 5) is 11.8. The Labute approximate surface area is 104 Å². The molecule has 0 saturated carbocycles. The number of ether oxygens (including phenoxy) is 1. The van der Waals surface area contributed by atoms with E-state index < -0.39 is 0 Å². The van der Waals surface area contributed by atoms with Crippen LogP contribution in [0.4, 0.5) is 5.69 Å². The van der Waals surface area contributed by atoms with Crippen molar-refractivity contribution in [1.29, 1.82) is 0 Å². The van der Waals surface area contributed by atoms with Crippen molar-refractivity contribution in [3.8, 4) is 17.1 Å². The Kier molecular flexibility index (Phi) is 2.37. The maximum absolute atomic E-state index is 5.96. The topological polar surface area (TPSA) is 76.8 Å². The number of hydrogen-bond acceptors (Lipinski definition) is 4. The van der Waals surface area contributed by atoms with Crippen molar-refractivity contribution in [3.05, 3.63) is 36.5 Å². The Morgan fingerprint density at radius 3 is 2.94 bits per heavy atom. The highest BCUT2D eigenvalue weighted by Gasteiger charge is 2.09. The molecule has 1 aromatic carbocycles. The van der Waals surface area contributed by atoms with Gasteiger partial charge in [-0.1, -0.05) is 0 Å². The van der Waals surface area contributed by atoms with Crippen molar-refractivity contribution in [2.24, 2.45) is 0 Å². The number of nitrogens with zero attached hydrogens (tertiary/aromatic N) is 2. The standard InChI is InChI=1S/C13H12N4O/c1-18-8-4-5-10(14)9(7-8)12-16-11-3-2-6-15-13(11)17-12/h2-7H,14H2,1H3,(H,15,16,17).